The van der Waals surface area contributed by atoms with Gasteiger partial charge in [0.1, 0.15) is 5.82 Å². The highest BCUT2D eigenvalue weighted by Gasteiger charge is 2.62. The molecule has 1 fully saturated rings. The van der Waals surface area contributed by atoms with Crippen LogP contribution in [0.4, 0.5) is 24.5 Å². The van der Waals surface area contributed by atoms with E-state index in [1.54, 1.807) is 6.07 Å². The molecule has 2 aromatic carbocycles. The Labute approximate surface area is 213 Å². The molecule has 4 rings (SSSR count). The van der Waals surface area contributed by atoms with E-state index in [-0.39, 0.29) is 16.9 Å². The van der Waals surface area contributed by atoms with Gasteiger partial charge in [-0.25, -0.2) is 13.2 Å². The number of aromatic nitrogens is 1. The molecule has 3 amide bonds. The van der Waals surface area contributed by atoms with E-state index in [4.69, 9.17) is 11.6 Å². The summed E-state index contributed by atoms with van der Waals surface area (Å²) >= 11 is 5.83. The third-order valence-corrected chi connectivity index (χ3v) is 6.03. The summed E-state index contributed by atoms with van der Waals surface area (Å²) < 4.78 is 41.1. The molecule has 8 nitrogen and oxygen atoms in total. The number of benzene rings is 2. The summed E-state index contributed by atoms with van der Waals surface area (Å²) in [5.74, 6) is -6.88. The number of carbonyl (C=O) groups is 3. The average molecular weight is 533 g/mol. The molecule has 192 valence electrons. The first-order valence-electron chi connectivity index (χ1n) is 11.1. The molecule has 0 spiro atoms. The maximum absolute atomic E-state index is 14.8. The Hall–Kier alpha value is -4.12. The van der Waals surface area contributed by atoms with E-state index in [1.807, 2.05) is 5.32 Å². The van der Waals surface area contributed by atoms with E-state index in [2.05, 4.69) is 10.6 Å². The van der Waals surface area contributed by atoms with E-state index in [1.165, 1.54) is 59.3 Å². The zero-order valence-corrected chi connectivity index (χ0v) is 19.7. The Balaban J connectivity index is 1.51. The van der Waals surface area contributed by atoms with Crippen LogP contribution in [0.2, 0.25) is 5.02 Å². The summed E-state index contributed by atoms with van der Waals surface area (Å²) in [6.45, 7) is -0.940. The maximum atomic E-state index is 14.8. The first-order valence-corrected chi connectivity index (χ1v) is 11.4. The highest BCUT2D eigenvalue weighted by molar-refractivity contribution is 6.30. The summed E-state index contributed by atoms with van der Waals surface area (Å²) in [5.41, 5.74) is -0.0564. The van der Waals surface area contributed by atoms with E-state index in [9.17, 15) is 32.3 Å². The van der Waals surface area contributed by atoms with E-state index >= 15 is 0 Å². The fourth-order valence-electron chi connectivity index (χ4n) is 3.96. The number of nitrogens with one attached hydrogen (secondary N) is 3. The average Bonchev–Trinajstić information content (AvgIpc) is 3.62. The molecule has 0 radical (unpaired) electrons. The van der Waals surface area contributed by atoms with Gasteiger partial charge in [-0.15, -0.1) is 0 Å². The van der Waals surface area contributed by atoms with Crippen LogP contribution < -0.4 is 21.5 Å². The van der Waals surface area contributed by atoms with Gasteiger partial charge in [0.05, 0.1) is 35.7 Å². The van der Waals surface area contributed by atoms with Crippen molar-refractivity contribution in [2.75, 3.05) is 17.2 Å². The van der Waals surface area contributed by atoms with E-state index in [0.29, 0.717) is 10.7 Å². The van der Waals surface area contributed by atoms with Crippen molar-refractivity contribution in [1.82, 2.24) is 9.88 Å². The molecule has 1 aliphatic carbocycles. The number of rotatable bonds is 8. The summed E-state index contributed by atoms with van der Waals surface area (Å²) in [6.07, 6.45) is -1.37. The molecule has 3 atom stereocenters. The number of nitrogens with zero attached hydrogens (tertiary/aromatic N) is 1. The molecule has 12 heteroatoms. The largest absolute Gasteiger partial charge is 0.350 e. The third kappa shape index (κ3) is 6.00. The number of halogens is 4. The minimum atomic E-state index is -2.82. The molecule has 0 saturated heterocycles. The Kier molecular flexibility index (Phi) is 7.63. The lowest BCUT2D eigenvalue weighted by molar-refractivity contribution is -0.126. The summed E-state index contributed by atoms with van der Waals surface area (Å²) in [6, 6.07) is 14.2. The fraction of sp³-hybridized carbons (Fsp3) is 0.200. The molecule has 1 aromatic heterocycles. The Morgan fingerprint density at radius 2 is 1.54 bits per heavy atom. The van der Waals surface area contributed by atoms with Gasteiger partial charge in [-0.2, -0.15) is 0 Å². The van der Waals surface area contributed by atoms with Gasteiger partial charge in [0, 0.05) is 29.0 Å². The van der Waals surface area contributed by atoms with Crippen LogP contribution in [0.25, 0.3) is 5.69 Å². The van der Waals surface area contributed by atoms with Crippen molar-refractivity contribution in [3.05, 3.63) is 88.1 Å². The smallest absolute Gasteiger partial charge is 0.255 e. The maximum Gasteiger partial charge on any atom is 0.255 e. The number of pyridine rings is 1. The summed E-state index contributed by atoms with van der Waals surface area (Å²) in [7, 11) is 0. The predicted octanol–water partition coefficient (Wildman–Crippen LogP) is 3.45. The SMILES string of the molecule is O=C(NCC(F)F)C1[C@@H](C(=O)Nc2ccc(-n3ccccc3=O)cc2F)[C@H]1C(=O)Nc1ccc(Cl)cc1. The molecule has 1 unspecified atom stereocenters. The lowest BCUT2D eigenvalue weighted by Crippen LogP contribution is -2.32. The molecule has 1 heterocycles. The molecule has 3 aromatic rings. The van der Waals surface area contributed by atoms with Gasteiger partial charge >= 0.3 is 0 Å². The normalized spacial score (nSPS) is 18.2. The van der Waals surface area contributed by atoms with Crippen molar-refractivity contribution >= 4 is 40.7 Å². The summed E-state index contributed by atoms with van der Waals surface area (Å²) in [4.78, 5) is 50.2. The zero-order chi connectivity index (χ0) is 26.7. The van der Waals surface area contributed by atoms with Gasteiger partial charge in [-0.1, -0.05) is 17.7 Å². The minimum Gasteiger partial charge on any atom is -0.350 e. The molecule has 37 heavy (non-hydrogen) atoms. The van der Waals surface area contributed by atoms with Gasteiger partial charge in [0.15, 0.2) is 0 Å². The van der Waals surface area contributed by atoms with Crippen LogP contribution in [0.15, 0.2) is 71.7 Å². The fourth-order valence-corrected chi connectivity index (χ4v) is 4.08. The van der Waals surface area contributed by atoms with Crippen LogP contribution in [-0.4, -0.2) is 35.3 Å². The molecular formula is C25H20ClF3N4O4. The van der Waals surface area contributed by atoms with E-state index < -0.39 is 54.3 Å². The molecule has 0 aliphatic heterocycles. The molecule has 1 saturated carbocycles. The van der Waals surface area contributed by atoms with Crippen LogP contribution >= 0.6 is 11.6 Å². The highest BCUT2D eigenvalue weighted by Crippen LogP contribution is 2.48. The molecule has 0 bridgehead atoms. The van der Waals surface area contributed by atoms with Crippen molar-refractivity contribution < 1.29 is 27.6 Å². The van der Waals surface area contributed by atoms with Gasteiger partial charge in [0.2, 0.25) is 17.7 Å². The number of hydrogen-bond donors (Lipinski definition) is 3. The standard InChI is InChI=1S/C25H20ClF3N4O4/c26-13-4-6-14(7-5-13)31-24(36)21-20(23(35)30-12-18(28)29)22(21)25(37)32-17-9-8-15(11-16(17)27)33-10-2-1-3-19(33)34/h1-11,18,20-22H,12H2,(H,30,35)(H,31,36)(H,32,37)/t20?,21-,22+/m0/s1. The second-order valence-corrected chi connectivity index (χ2v) is 8.71. The second-order valence-electron chi connectivity index (χ2n) is 8.27. The predicted molar refractivity (Wildman–Crippen MR) is 130 cm³/mol. The second kappa shape index (κ2) is 10.9. The van der Waals surface area contributed by atoms with Crippen LogP contribution in [0.3, 0.4) is 0 Å². The number of alkyl halides is 2. The highest BCUT2D eigenvalue weighted by atomic mass is 35.5. The molecular weight excluding hydrogens is 513 g/mol. The van der Waals surface area contributed by atoms with Crippen molar-refractivity contribution in [3.63, 3.8) is 0 Å². The van der Waals surface area contributed by atoms with Crippen LogP contribution in [0, 0.1) is 23.6 Å². The number of amides is 3. The van der Waals surface area contributed by atoms with Crippen molar-refractivity contribution in [3.8, 4) is 5.69 Å². The molecule has 3 N–H and O–H groups in total. The Bertz CT molecular complexity index is 1400. The Morgan fingerprint density at radius 3 is 2.16 bits per heavy atom. The number of anilines is 2. The number of hydrogen-bond acceptors (Lipinski definition) is 4. The summed E-state index contributed by atoms with van der Waals surface area (Å²) in [5, 5.41) is 7.35. The van der Waals surface area contributed by atoms with Gasteiger partial charge in [-0.05, 0) is 42.5 Å². The lowest BCUT2D eigenvalue weighted by Gasteiger charge is -2.10. The first kappa shape index (κ1) is 26.0. The first-order chi connectivity index (χ1) is 17.7. The van der Waals surface area contributed by atoms with E-state index in [0.717, 1.165) is 6.07 Å². The van der Waals surface area contributed by atoms with Crippen LogP contribution in [0.1, 0.15) is 0 Å². The van der Waals surface area contributed by atoms with Crippen molar-refractivity contribution in [1.29, 1.82) is 0 Å². The van der Waals surface area contributed by atoms with Gasteiger partial charge < -0.3 is 16.0 Å². The quantitative estimate of drug-likeness (QED) is 0.413. The monoisotopic (exact) mass is 532 g/mol. The van der Waals surface area contributed by atoms with Crippen LogP contribution in [-0.2, 0) is 14.4 Å². The minimum absolute atomic E-state index is 0.219. The van der Waals surface area contributed by atoms with Crippen molar-refractivity contribution in [2.24, 2.45) is 17.8 Å². The molecule has 1 aliphatic rings. The lowest BCUT2D eigenvalue weighted by atomic mass is 10.2. The van der Waals surface area contributed by atoms with Gasteiger partial charge in [-0.3, -0.25) is 23.7 Å². The van der Waals surface area contributed by atoms with Crippen molar-refractivity contribution in [2.45, 2.75) is 6.43 Å². The zero-order valence-electron chi connectivity index (χ0n) is 19.0. The number of carbonyl (C=O) groups excluding carboxylic acids is 3. The topological polar surface area (TPSA) is 109 Å². The van der Waals surface area contributed by atoms with Gasteiger partial charge in [0.25, 0.3) is 12.0 Å². The van der Waals surface area contributed by atoms with Crippen LogP contribution in [0.5, 0.6) is 0 Å². The third-order valence-electron chi connectivity index (χ3n) is 5.78. The Morgan fingerprint density at radius 1 is 0.892 bits per heavy atom.